The van der Waals surface area contributed by atoms with Gasteiger partial charge in [0.25, 0.3) is 0 Å². The number of benzene rings is 4. The fraction of sp³-hybridized carbons (Fsp3) is 0.400. The summed E-state index contributed by atoms with van der Waals surface area (Å²) in [6.07, 6.45) is 34.9. The SMILES string of the molecule is CCCCCCCCCCCCCCCCCCCCO.COc1cc(C=CC(=O)O)ccc1O.COc1cc(C=CC(=O)O)ccc1O.COc1cc(C=CC(=O)O)ccc1O.COc1cc(C=CC(=O)O)ccc1O. The average Bonchev–Trinajstić information content (AvgIpc) is 3.41. The molecule has 0 spiro atoms. The Labute approximate surface area is 453 Å². The number of ether oxygens (including phenoxy) is 4. The third-order valence-electron chi connectivity index (χ3n) is 11.0. The lowest BCUT2D eigenvalue weighted by Gasteiger charge is -2.03. The average molecular weight is 1080 g/mol. The molecule has 77 heavy (non-hydrogen) atoms. The lowest BCUT2D eigenvalue weighted by molar-refractivity contribution is -0.132. The van der Waals surface area contributed by atoms with E-state index in [9.17, 15) is 39.6 Å². The molecule has 0 saturated carbocycles. The summed E-state index contributed by atoms with van der Waals surface area (Å²) in [4.78, 5) is 40.9. The van der Waals surface area contributed by atoms with E-state index in [2.05, 4.69) is 6.92 Å². The Morgan fingerprint density at radius 3 is 0.714 bits per heavy atom. The van der Waals surface area contributed by atoms with Gasteiger partial charge in [-0.05, 0) is 102 Å². The Hall–Kier alpha value is -7.92. The molecule has 17 nitrogen and oxygen atoms in total. The van der Waals surface area contributed by atoms with Crippen molar-refractivity contribution in [3.63, 3.8) is 0 Å². The van der Waals surface area contributed by atoms with Gasteiger partial charge in [0, 0.05) is 30.9 Å². The van der Waals surface area contributed by atoms with Crippen molar-refractivity contribution < 1.29 is 84.1 Å². The first-order valence-corrected chi connectivity index (χ1v) is 25.7. The van der Waals surface area contributed by atoms with Crippen molar-refractivity contribution in [1.29, 1.82) is 0 Å². The highest BCUT2D eigenvalue weighted by Gasteiger charge is 2.04. The normalized spacial score (nSPS) is 10.6. The number of carboxylic acids is 4. The van der Waals surface area contributed by atoms with Crippen LogP contribution in [0.3, 0.4) is 0 Å². The number of aromatic hydroxyl groups is 4. The first-order valence-electron chi connectivity index (χ1n) is 25.7. The van der Waals surface area contributed by atoms with Crippen molar-refractivity contribution in [2.24, 2.45) is 0 Å². The molecular formula is C60H82O17. The second-order valence-electron chi connectivity index (χ2n) is 17.1. The molecule has 0 aliphatic carbocycles. The molecule has 0 atom stereocenters. The van der Waals surface area contributed by atoms with Crippen LogP contribution in [0.4, 0.5) is 0 Å². The number of aliphatic hydroxyl groups is 1. The van der Waals surface area contributed by atoms with E-state index in [1.165, 1.54) is 186 Å². The highest BCUT2D eigenvalue weighted by Crippen LogP contribution is 2.29. The molecule has 4 aromatic rings. The maximum absolute atomic E-state index is 10.2. The van der Waals surface area contributed by atoms with Crippen LogP contribution in [-0.2, 0) is 19.2 Å². The first kappa shape index (κ1) is 69.1. The first-order chi connectivity index (χ1) is 36.9. The van der Waals surface area contributed by atoms with Crippen LogP contribution in [0.25, 0.3) is 24.3 Å². The molecule has 4 aromatic carbocycles. The van der Waals surface area contributed by atoms with Crippen molar-refractivity contribution in [3.05, 3.63) is 119 Å². The van der Waals surface area contributed by atoms with Crippen LogP contribution in [0.2, 0.25) is 0 Å². The molecular weight excluding hydrogens is 993 g/mol. The molecule has 424 valence electrons. The second-order valence-corrected chi connectivity index (χ2v) is 17.1. The van der Waals surface area contributed by atoms with Gasteiger partial charge in [-0.15, -0.1) is 0 Å². The molecule has 0 heterocycles. The molecule has 0 unspecified atom stereocenters. The minimum absolute atomic E-state index is 0.0278. The summed E-state index contributed by atoms with van der Waals surface area (Å²) in [5.74, 6) is -2.69. The van der Waals surface area contributed by atoms with Crippen molar-refractivity contribution in [2.45, 2.75) is 122 Å². The Morgan fingerprint density at radius 2 is 0.545 bits per heavy atom. The lowest BCUT2D eigenvalue weighted by atomic mass is 10.0. The van der Waals surface area contributed by atoms with Gasteiger partial charge in [0.05, 0.1) is 28.4 Å². The molecule has 0 aliphatic heterocycles. The van der Waals surface area contributed by atoms with Crippen molar-refractivity contribution in [1.82, 2.24) is 0 Å². The number of aliphatic carboxylic acids is 4. The van der Waals surface area contributed by atoms with Crippen molar-refractivity contribution >= 4 is 48.2 Å². The van der Waals surface area contributed by atoms with Gasteiger partial charge >= 0.3 is 23.9 Å². The largest absolute Gasteiger partial charge is 0.504 e. The van der Waals surface area contributed by atoms with Crippen LogP contribution >= 0.6 is 0 Å². The fourth-order valence-electron chi connectivity index (χ4n) is 6.88. The summed E-state index contributed by atoms with van der Waals surface area (Å²) >= 11 is 0. The topological polar surface area (TPSA) is 287 Å². The zero-order valence-corrected chi connectivity index (χ0v) is 45.3. The fourth-order valence-corrected chi connectivity index (χ4v) is 6.88. The maximum Gasteiger partial charge on any atom is 0.328 e. The standard InChI is InChI=1S/C20H42O.4C10H10O4/c1-2-3-4-5-6-7-8-9-10-11-12-13-14-15-16-17-18-19-20-21;4*1-14-9-6-7(2-4-8(9)11)3-5-10(12)13/h21H,2-20H2,1H3;4*2-6,11H,1H3,(H,12,13). The Balaban J connectivity index is 0.000000947. The Bertz CT molecular complexity index is 2090. The zero-order valence-electron chi connectivity index (χ0n) is 45.3. The van der Waals surface area contributed by atoms with Gasteiger partial charge in [0.15, 0.2) is 46.0 Å². The molecule has 0 fully saturated rings. The highest BCUT2D eigenvalue weighted by molar-refractivity contribution is 5.87. The van der Waals surface area contributed by atoms with Gasteiger partial charge in [-0.25, -0.2) is 19.2 Å². The van der Waals surface area contributed by atoms with Gasteiger partial charge in [0.2, 0.25) is 0 Å². The molecule has 0 aromatic heterocycles. The number of methoxy groups -OCH3 is 4. The predicted octanol–water partition coefficient (Wildman–Crippen LogP) is 13.0. The summed E-state index contributed by atoms with van der Waals surface area (Å²) in [6.45, 7) is 2.66. The van der Waals surface area contributed by atoms with Gasteiger partial charge in [0.1, 0.15) is 0 Å². The summed E-state index contributed by atoms with van der Waals surface area (Å²) < 4.78 is 19.4. The van der Waals surface area contributed by atoms with Gasteiger partial charge in [-0.1, -0.05) is 140 Å². The van der Waals surface area contributed by atoms with E-state index in [0.717, 1.165) is 30.7 Å². The van der Waals surface area contributed by atoms with Gasteiger partial charge in [-0.2, -0.15) is 0 Å². The van der Waals surface area contributed by atoms with Crippen LogP contribution in [-0.4, -0.2) is 105 Å². The van der Waals surface area contributed by atoms with Gasteiger partial charge in [-0.3, -0.25) is 0 Å². The predicted molar refractivity (Wildman–Crippen MR) is 301 cm³/mol. The van der Waals surface area contributed by atoms with E-state index < -0.39 is 23.9 Å². The molecule has 0 amide bonds. The van der Waals surface area contributed by atoms with E-state index in [1.807, 2.05) is 0 Å². The summed E-state index contributed by atoms with van der Waals surface area (Å²) in [6, 6.07) is 18.4. The molecule has 0 aliphatic rings. The zero-order chi connectivity index (χ0) is 57.6. The van der Waals surface area contributed by atoms with Crippen LogP contribution in [0.1, 0.15) is 145 Å². The molecule has 0 radical (unpaired) electrons. The quantitative estimate of drug-likeness (QED) is 0.0173. The van der Waals surface area contributed by atoms with E-state index in [0.29, 0.717) is 51.9 Å². The number of carbonyl (C=O) groups is 4. The number of phenolic OH excluding ortho intramolecular Hbond substituents is 4. The molecule has 17 heteroatoms. The number of aliphatic hydroxyl groups excluding tert-OH is 1. The third-order valence-corrected chi connectivity index (χ3v) is 11.0. The van der Waals surface area contributed by atoms with Crippen LogP contribution < -0.4 is 18.9 Å². The summed E-state index contributed by atoms with van der Waals surface area (Å²) in [7, 11) is 5.72. The number of hydrogen-bond acceptors (Lipinski definition) is 13. The smallest absolute Gasteiger partial charge is 0.328 e. The monoisotopic (exact) mass is 1070 g/mol. The van der Waals surface area contributed by atoms with E-state index in [1.54, 1.807) is 48.5 Å². The second kappa shape index (κ2) is 44.4. The number of carboxylic acid groups (broad SMARTS) is 4. The molecule has 0 saturated heterocycles. The number of phenols is 4. The lowest BCUT2D eigenvalue weighted by Crippen LogP contribution is -1.87. The molecule has 9 N–H and O–H groups in total. The van der Waals surface area contributed by atoms with Crippen LogP contribution in [0, 0.1) is 0 Å². The minimum atomic E-state index is -1.02. The van der Waals surface area contributed by atoms with Crippen molar-refractivity contribution in [2.75, 3.05) is 35.0 Å². The molecule has 4 rings (SSSR count). The number of unbranched alkanes of at least 4 members (excludes halogenated alkanes) is 17. The van der Waals surface area contributed by atoms with E-state index >= 15 is 0 Å². The molecule has 0 bridgehead atoms. The summed E-state index contributed by atoms with van der Waals surface area (Å²) in [5, 5.41) is 79.2. The summed E-state index contributed by atoms with van der Waals surface area (Å²) in [5.41, 5.74) is 2.62. The minimum Gasteiger partial charge on any atom is -0.504 e. The Morgan fingerprint density at radius 1 is 0.351 bits per heavy atom. The maximum atomic E-state index is 10.2. The van der Waals surface area contributed by atoms with Crippen LogP contribution in [0.5, 0.6) is 46.0 Å². The highest BCUT2D eigenvalue weighted by atomic mass is 16.5. The number of rotatable bonds is 30. The Kier molecular flexibility index (Phi) is 39.8. The van der Waals surface area contributed by atoms with Crippen molar-refractivity contribution in [3.8, 4) is 46.0 Å². The van der Waals surface area contributed by atoms with E-state index in [4.69, 9.17) is 44.5 Å². The van der Waals surface area contributed by atoms with Crippen LogP contribution in [0.15, 0.2) is 97.1 Å². The van der Waals surface area contributed by atoms with Gasteiger partial charge < -0.3 is 64.9 Å². The number of hydrogen-bond donors (Lipinski definition) is 9. The van der Waals surface area contributed by atoms with E-state index in [-0.39, 0.29) is 23.0 Å². The third kappa shape index (κ3) is 36.6.